The fourth-order valence-electron chi connectivity index (χ4n) is 3.15. The van der Waals surface area contributed by atoms with Gasteiger partial charge in [-0.15, -0.1) is 0 Å². The van der Waals surface area contributed by atoms with Gasteiger partial charge in [0.2, 0.25) is 0 Å². The van der Waals surface area contributed by atoms with E-state index in [4.69, 9.17) is 17.0 Å². The first kappa shape index (κ1) is 18.1. The molecule has 0 saturated carbocycles. The molecule has 26 heavy (non-hydrogen) atoms. The fraction of sp³-hybridized carbons (Fsp3) is 0.316. The predicted octanol–water partition coefficient (Wildman–Crippen LogP) is 2.96. The molecule has 0 bridgehead atoms. The largest absolute Gasteiger partial charge is 0.466 e. The second kappa shape index (κ2) is 7.70. The van der Waals surface area contributed by atoms with Gasteiger partial charge < -0.3 is 19.5 Å². The smallest absolute Gasteiger partial charge is 0.337 e. The summed E-state index contributed by atoms with van der Waals surface area (Å²) in [6, 6.07) is 7.62. The lowest BCUT2D eigenvalue weighted by molar-refractivity contribution is -0.136. The van der Waals surface area contributed by atoms with Gasteiger partial charge in [-0.3, -0.25) is 0 Å². The summed E-state index contributed by atoms with van der Waals surface area (Å²) in [5, 5.41) is 3.92. The van der Waals surface area contributed by atoms with Crippen LogP contribution in [0.4, 0.5) is 0 Å². The topological polar surface area (TPSA) is 59.4 Å². The number of nitrogens with one attached hydrogen (secondary N) is 1. The summed E-state index contributed by atoms with van der Waals surface area (Å²) in [5.41, 5.74) is 3.38. The average Bonchev–Trinajstić information content (AvgIpc) is 3.19. The van der Waals surface area contributed by atoms with Crippen LogP contribution in [0, 0.1) is 0 Å². The number of thiocarbonyl (C=S) groups is 1. The minimum absolute atomic E-state index is 0.333. The van der Waals surface area contributed by atoms with Crippen LogP contribution in [0.3, 0.4) is 0 Å². The molecule has 1 atom stereocenters. The number of ether oxygens (including phenoxy) is 1. The Morgan fingerprint density at radius 3 is 2.65 bits per heavy atom. The van der Waals surface area contributed by atoms with E-state index in [-0.39, 0.29) is 12.0 Å². The molecule has 1 unspecified atom stereocenters. The zero-order valence-electron chi connectivity index (χ0n) is 15.1. The number of nitrogens with zero attached hydrogens (tertiary/aromatic N) is 3. The van der Waals surface area contributed by atoms with Crippen molar-refractivity contribution in [2.24, 2.45) is 0 Å². The predicted molar refractivity (Wildman–Crippen MR) is 104 cm³/mol. The van der Waals surface area contributed by atoms with E-state index in [2.05, 4.69) is 17.2 Å². The SMILES string of the molecule is CCCN1C(=S)NC(c2ccc(-n3ccnc3)cc2)C(C(=O)OC)=C1C. The molecular formula is C19H22N4O2S. The van der Waals surface area contributed by atoms with E-state index >= 15 is 0 Å². The van der Waals surface area contributed by atoms with Crippen molar-refractivity contribution in [1.29, 1.82) is 0 Å². The number of hydrogen-bond donors (Lipinski definition) is 1. The van der Waals surface area contributed by atoms with Crippen LogP contribution in [0.25, 0.3) is 5.69 Å². The minimum Gasteiger partial charge on any atom is -0.466 e. The van der Waals surface area contributed by atoms with Crippen molar-refractivity contribution in [2.45, 2.75) is 26.3 Å². The van der Waals surface area contributed by atoms with Crippen molar-refractivity contribution in [2.75, 3.05) is 13.7 Å². The van der Waals surface area contributed by atoms with E-state index in [0.29, 0.717) is 10.7 Å². The van der Waals surface area contributed by atoms with Crippen LogP contribution < -0.4 is 5.32 Å². The molecule has 1 aromatic heterocycles. The van der Waals surface area contributed by atoms with E-state index in [1.165, 1.54) is 7.11 Å². The highest BCUT2D eigenvalue weighted by Crippen LogP contribution is 2.31. The van der Waals surface area contributed by atoms with Crippen molar-refractivity contribution >= 4 is 23.3 Å². The summed E-state index contributed by atoms with van der Waals surface area (Å²) in [7, 11) is 1.40. The molecule has 0 fully saturated rings. The lowest BCUT2D eigenvalue weighted by atomic mass is 9.94. The minimum atomic E-state index is -0.345. The number of rotatable bonds is 5. The van der Waals surface area contributed by atoms with Crippen LogP contribution in [-0.4, -0.2) is 39.2 Å². The Morgan fingerprint density at radius 2 is 2.08 bits per heavy atom. The van der Waals surface area contributed by atoms with Gasteiger partial charge in [0.1, 0.15) is 0 Å². The molecular weight excluding hydrogens is 348 g/mol. The molecule has 7 heteroatoms. The maximum Gasteiger partial charge on any atom is 0.337 e. The molecule has 1 aliphatic rings. The van der Waals surface area contributed by atoms with E-state index in [9.17, 15) is 4.79 Å². The molecule has 0 amide bonds. The van der Waals surface area contributed by atoms with E-state index in [1.807, 2.05) is 46.9 Å². The van der Waals surface area contributed by atoms with Crippen molar-refractivity contribution < 1.29 is 9.53 Å². The van der Waals surface area contributed by atoms with Crippen LogP contribution >= 0.6 is 12.2 Å². The number of carbonyl (C=O) groups excluding carboxylic acids is 1. The Balaban J connectivity index is 1.99. The van der Waals surface area contributed by atoms with Crippen LogP contribution in [0.15, 0.2) is 54.3 Å². The summed E-state index contributed by atoms with van der Waals surface area (Å²) in [4.78, 5) is 18.5. The maximum absolute atomic E-state index is 12.5. The van der Waals surface area contributed by atoms with Gasteiger partial charge in [-0.05, 0) is 43.3 Å². The zero-order valence-corrected chi connectivity index (χ0v) is 15.9. The Kier molecular flexibility index (Phi) is 5.37. The second-order valence-corrected chi connectivity index (χ2v) is 6.47. The lowest BCUT2D eigenvalue weighted by Gasteiger charge is -2.37. The van der Waals surface area contributed by atoms with Gasteiger partial charge in [-0.2, -0.15) is 0 Å². The number of allylic oxidation sites excluding steroid dienone is 1. The van der Waals surface area contributed by atoms with Gasteiger partial charge in [0.25, 0.3) is 0 Å². The van der Waals surface area contributed by atoms with Gasteiger partial charge in [0.05, 0.1) is 25.1 Å². The molecule has 0 spiro atoms. The molecule has 2 aromatic rings. The Labute approximate surface area is 158 Å². The molecule has 1 aliphatic heterocycles. The third-order valence-electron chi connectivity index (χ3n) is 4.48. The average molecular weight is 370 g/mol. The third-order valence-corrected chi connectivity index (χ3v) is 4.82. The monoisotopic (exact) mass is 370 g/mol. The van der Waals surface area contributed by atoms with Crippen molar-refractivity contribution in [3.05, 3.63) is 59.8 Å². The molecule has 2 heterocycles. The Hall–Kier alpha value is -2.67. The number of aromatic nitrogens is 2. The van der Waals surface area contributed by atoms with Crippen molar-refractivity contribution in [3.63, 3.8) is 0 Å². The number of methoxy groups -OCH3 is 1. The quantitative estimate of drug-likeness (QED) is 0.645. The molecule has 0 radical (unpaired) electrons. The van der Waals surface area contributed by atoms with Crippen LogP contribution in [0.5, 0.6) is 0 Å². The standard InChI is InChI=1S/C19H22N4O2S/c1-4-10-23-13(2)16(18(24)25-3)17(21-19(23)26)14-5-7-15(8-6-14)22-11-9-20-12-22/h5-9,11-12,17H,4,10H2,1-3H3,(H,21,26). The molecule has 1 aromatic carbocycles. The van der Waals surface area contributed by atoms with E-state index < -0.39 is 0 Å². The first-order valence-corrected chi connectivity index (χ1v) is 8.93. The molecule has 136 valence electrons. The number of esters is 1. The number of carbonyl (C=O) groups is 1. The van der Waals surface area contributed by atoms with Gasteiger partial charge in [-0.1, -0.05) is 19.1 Å². The summed E-state index contributed by atoms with van der Waals surface area (Å²) in [5.74, 6) is -0.345. The van der Waals surface area contributed by atoms with Gasteiger partial charge in [0.15, 0.2) is 5.11 Å². The normalized spacial score (nSPS) is 17.3. The van der Waals surface area contributed by atoms with Crippen LogP contribution in [0.1, 0.15) is 31.9 Å². The molecule has 0 aliphatic carbocycles. The highest BCUT2D eigenvalue weighted by molar-refractivity contribution is 7.80. The zero-order chi connectivity index (χ0) is 18.7. The fourth-order valence-corrected chi connectivity index (χ4v) is 3.50. The summed E-state index contributed by atoms with van der Waals surface area (Å²) >= 11 is 5.53. The highest BCUT2D eigenvalue weighted by Gasteiger charge is 2.34. The summed E-state index contributed by atoms with van der Waals surface area (Å²) in [6.45, 7) is 4.75. The molecule has 1 N–H and O–H groups in total. The van der Waals surface area contributed by atoms with Crippen molar-refractivity contribution in [3.8, 4) is 5.69 Å². The van der Waals surface area contributed by atoms with E-state index in [1.54, 1.807) is 12.5 Å². The van der Waals surface area contributed by atoms with Crippen LogP contribution in [-0.2, 0) is 9.53 Å². The number of benzene rings is 1. The van der Waals surface area contributed by atoms with Gasteiger partial charge in [-0.25, -0.2) is 9.78 Å². The number of hydrogen-bond acceptors (Lipinski definition) is 4. The Morgan fingerprint density at radius 1 is 1.35 bits per heavy atom. The molecule has 0 saturated heterocycles. The highest BCUT2D eigenvalue weighted by atomic mass is 32.1. The summed E-state index contributed by atoms with van der Waals surface area (Å²) in [6.07, 6.45) is 6.29. The van der Waals surface area contributed by atoms with Gasteiger partial charge in [0, 0.05) is 30.3 Å². The first-order valence-electron chi connectivity index (χ1n) is 8.52. The number of imidazole rings is 1. The van der Waals surface area contributed by atoms with Gasteiger partial charge >= 0.3 is 5.97 Å². The maximum atomic E-state index is 12.5. The lowest BCUT2D eigenvalue weighted by Crippen LogP contribution is -2.48. The first-order chi connectivity index (χ1) is 12.6. The second-order valence-electron chi connectivity index (χ2n) is 6.09. The third kappa shape index (κ3) is 3.35. The molecule has 6 nitrogen and oxygen atoms in total. The van der Waals surface area contributed by atoms with Crippen molar-refractivity contribution in [1.82, 2.24) is 19.8 Å². The Bertz CT molecular complexity index is 828. The van der Waals surface area contributed by atoms with E-state index in [0.717, 1.165) is 29.9 Å². The van der Waals surface area contributed by atoms with Crippen LogP contribution in [0.2, 0.25) is 0 Å². The molecule has 3 rings (SSSR count). The summed E-state index contributed by atoms with van der Waals surface area (Å²) < 4.78 is 6.96.